The molecule has 5 nitrogen and oxygen atoms in total. The Balaban J connectivity index is 1.74. The minimum Gasteiger partial charge on any atom is -0.355 e. The summed E-state index contributed by atoms with van der Waals surface area (Å²) in [7, 11) is 2.04. The van der Waals surface area contributed by atoms with E-state index in [0.29, 0.717) is 5.56 Å². The first-order valence-corrected chi connectivity index (χ1v) is 8.82. The van der Waals surface area contributed by atoms with Crippen molar-refractivity contribution in [2.24, 2.45) is 0 Å². The molecule has 134 valence electrons. The Kier molecular flexibility index (Phi) is 4.42. The molecule has 0 unspecified atom stereocenters. The number of carbonyl (C=O) groups excluding carboxylic acids is 1. The van der Waals surface area contributed by atoms with Crippen molar-refractivity contribution in [3.8, 4) is 11.1 Å². The van der Waals surface area contributed by atoms with Crippen LogP contribution in [0.15, 0.2) is 73.1 Å². The van der Waals surface area contributed by atoms with Crippen molar-refractivity contribution < 1.29 is 4.79 Å². The summed E-state index contributed by atoms with van der Waals surface area (Å²) in [6.07, 6.45) is 3.60. The average molecular weight is 356 g/mol. The number of benzene rings is 2. The standard InChI is InChI=1S/C22H20N4O/c1-16(27)18-9-6-10-19(13-18)20-14-24-26-21(11-12-23-22(20)26)25(2)15-17-7-4-3-5-8-17/h3-14H,15H2,1-2H3. The van der Waals surface area contributed by atoms with Gasteiger partial charge in [-0.2, -0.15) is 9.61 Å². The van der Waals surface area contributed by atoms with Crippen LogP contribution < -0.4 is 4.90 Å². The zero-order valence-electron chi connectivity index (χ0n) is 15.3. The number of carbonyl (C=O) groups is 1. The topological polar surface area (TPSA) is 50.5 Å². The summed E-state index contributed by atoms with van der Waals surface area (Å²) in [5.74, 6) is 1.00. The van der Waals surface area contributed by atoms with Crippen molar-refractivity contribution in [3.05, 3.63) is 84.2 Å². The van der Waals surface area contributed by atoms with Gasteiger partial charge in [0.15, 0.2) is 11.4 Å². The van der Waals surface area contributed by atoms with E-state index in [1.807, 2.05) is 60.1 Å². The molecule has 0 spiro atoms. The minimum absolute atomic E-state index is 0.0459. The fraction of sp³-hybridized carbons (Fsp3) is 0.136. The van der Waals surface area contributed by atoms with Gasteiger partial charge in [0.2, 0.25) is 0 Å². The lowest BCUT2D eigenvalue weighted by Gasteiger charge is -2.20. The largest absolute Gasteiger partial charge is 0.355 e. The number of rotatable bonds is 5. The van der Waals surface area contributed by atoms with Gasteiger partial charge in [-0.05, 0) is 30.2 Å². The zero-order valence-corrected chi connectivity index (χ0v) is 15.3. The molecule has 0 N–H and O–H groups in total. The second kappa shape index (κ2) is 7.03. The molecule has 4 rings (SSSR count). The number of anilines is 1. The Hall–Kier alpha value is -3.47. The van der Waals surface area contributed by atoms with Gasteiger partial charge in [0.1, 0.15) is 5.82 Å². The van der Waals surface area contributed by atoms with Gasteiger partial charge in [-0.3, -0.25) is 4.79 Å². The van der Waals surface area contributed by atoms with Crippen molar-refractivity contribution in [1.82, 2.24) is 14.6 Å². The Morgan fingerprint density at radius 2 is 1.89 bits per heavy atom. The van der Waals surface area contributed by atoms with Crippen molar-refractivity contribution in [2.45, 2.75) is 13.5 Å². The van der Waals surface area contributed by atoms with E-state index in [9.17, 15) is 4.79 Å². The molecule has 0 bridgehead atoms. The van der Waals surface area contributed by atoms with Crippen molar-refractivity contribution >= 4 is 17.2 Å². The van der Waals surface area contributed by atoms with E-state index in [2.05, 4.69) is 27.1 Å². The monoisotopic (exact) mass is 356 g/mol. The number of hydrogen-bond acceptors (Lipinski definition) is 4. The molecule has 0 aliphatic rings. The number of aromatic nitrogens is 3. The van der Waals surface area contributed by atoms with Crippen LogP contribution in [0, 0.1) is 0 Å². The van der Waals surface area contributed by atoms with Gasteiger partial charge in [0, 0.05) is 30.9 Å². The molecule has 2 aromatic heterocycles. The summed E-state index contributed by atoms with van der Waals surface area (Å²) in [4.78, 5) is 18.4. The summed E-state index contributed by atoms with van der Waals surface area (Å²) in [6.45, 7) is 2.35. The van der Waals surface area contributed by atoms with Gasteiger partial charge < -0.3 is 4.90 Å². The van der Waals surface area contributed by atoms with E-state index < -0.39 is 0 Å². The second-order valence-electron chi connectivity index (χ2n) is 6.58. The van der Waals surface area contributed by atoms with Crippen LogP contribution in [0.3, 0.4) is 0 Å². The molecule has 0 fully saturated rings. The predicted molar refractivity (Wildman–Crippen MR) is 107 cm³/mol. The number of nitrogens with zero attached hydrogens (tertiary/aromatic N) is 4. The second-order valence-corrected chi connectivity index (χ2v) is 6.58. The first-order valence-electron chi connectivity index (χ1n) is 8.82. The lowest BCUT2D eigenvalue weighted by Crippen LogP contribution is -2.19. The molecular weight excluding hydrogens is 336 g/mol. The molecule has 0 amide bonds. The van der Waals surface area contributed by atoms with Gasteiger partial charge >= 0.3 is 0 Å². The maximum atomic E-state index is 11.7. The van der Waals surface area contributed by atoms with Gasteiger partial charge in [0.25, 0.3) is 0 Å². The van der Waals surface area contributed by atoms with Crippen LogP contribution in [0.25, 0.3) is 16.8 Å². The predicted octanol–water partition coefficient (Wildman–Crippen LogP) is 4.24. The van der Waals surface area contributed by atoms with Crippen LogP contribution in [0.4, 0.5) is 5.82 Å². The summed E-state index contributed by atoms with van der Waals surface area (Å²) in [5.41, 5.74) is 4.53. The molecule has 0 saturated heterocycles. The maximum absolute atomic E-state index is 11.7. The highest BCUT2D eigenvalue weighted by Crippen LogP contribution is 2.27. The quantitative estimate of drug-likeness (QED) is 0.502. The third-order valence-electron chi connectivity index (χ3n) is 4.62. The molecule has 4 aromatic rings. The van der Waals surface area contributed by atoms with Crippen molar-refractivity contribution in [2.75, 3.05) is 11.9 Å². The summed E-state index contributed by atoms with van der Waals surface area (Å²) < 4.78 is 1.85. The Morgan fingerprint density at radius 1 is 1.07 bits per heavy atom. The van der Waals surface area contributed by atoms with Gasteiger partial charge in [-0.1, -0.05) is 48.5 Å². The van der Waals surface area contributed by atoms with Crippen LogP contribution in [0.5, 0.6) is 0 Å². The van der Waals surface area contributed by atoms with E-state index in [0.717, 1.165) is 29.1 Å². The smallest absolute Gasteiger partial charge is 0.165 e. The summed E-state index contributed by atoms with van der Waals surface area (Å²) >= 11 is 0. The molecule has 0 aliphatic carbocycles. The molecular formula is C22H20N4O. The zero-order chi connectivity index (χ0) is 18.8. The highest BCUT2D eigenvalue weighted by atomic mass is 16.1. The molecule has 0 aliphatic heterocycles. The van der Waals surface area contributed by atoms with Gasteiger partial charge in [0.05, 0.1) is 6.20 Å². The number of fused-ring (bicyclic) bond motifs is 1. The Labute approximate surface area is 157 Å². The Bertz CT molecular complexity index is 1100. The normalized spacial score (nSPS) is 10.9. The molecule has 2 aromatic carbocycles. The third kappa shape index (κ3) is 3.31. The number of ketones is 1. The molecule has 2 heterocycles. The lowest BCUT2D eigenvalue weighted by atomic mass is 10.0. The first kappa shape index (κ1) is 17.0. The summed E-state index contributed by atoms with van der Waals surface area (Å²) in [5, 5.41) is 4.56. The van der Waals surface area contributed by atoms with E-state index in [1.165, 1.54) is 5.56 Å². The molecule has 0 saturated carbocycles. The van der Waals surface area contributed by atoms with Crippen LogP contribution in [0.2, 0.25) is 0 Å². The fourth-order valence-electron chi connectivity index (χ4n) is 3.22. The highest BCUT2D eigenvalue weighted by molar-refractivity contribution is 5.95. The van der Waals surface area contributed by atoms with Crippen LogP contribution >= 0.6 is 0 Å². The van der Waals surface area contributed by atoms with Gasteiger partial charge in [-0.15, -0.1) is 0 Å². The molecule has 5 heteroatoms. The molecule has 27 heavy (non-hydrogen) atoms. The van der Waals surface area contributed by atoms with Crippen LogP contribution in [0.1, 0.15) is 22.8 Å². The number of hydrogen-bond donors (Lipinski definition) is 0. The fourth-order valence-corrected chi connectivity index (χ4v) is 3.22. The van der Waals surface area contributed by atoms with Crippen molar-refractivity contribution in [1.29, 1.82) is 0 Å². The SMILES string of the molecule is CC(=O)c1cccc(-c2cnn3c(N(C)Cc4ccccc4)ccnc23)c1. The van der Waals surface area contributed by atoms with Crippen LogP contribution in [-0.4, -0.2) is 27.4 Å². The Morgan fingerprint density at radius 3 is 2.67 bits per heavy atom. The van der Waals surface area contributed by atoms with E-state index in [4.69, 9.17) is 0 Å². The molecule has 0 atom stereocenters. The van der Waals surface area contributed by atoms with Gasteiger partial charge in [-0.25, -0.2) is 4.98 Å². The third-order valence-corrected chi connectivity index (χ3v) is 4.62. The molecule has 0 radical (unpaired) electrons. The maximum Gasteiger partial charge on any atom is 0.165 e. The van der Waals surface area contributed by atoms with Crippen LogP contribution in [-0.2, 0) is 6.54 Å². The lowest BCUT2D eigenvalue weighted by molar-refractivity contribution is 0.101. The minimum atomic E-state index is 0.0459. The van der Waals surface area contributed by atoms with E-state index in [-0.39, 0.29) is 5.78 Å². The first-order chi connectivity index (χ1) is 13.1. The average Bonchev–Trinajstić information content (AvgIpc) is 3.13. The van der Waals surface area contributed by atoms with E-state index >= 15 is 0 Å². The summed E-state index contributed by atoms with van der Waals surface area (Å²) in [6, 6.07) is 19.9. The van der Waals surface area contributed by atoms with E-state index in [1.54, 1.807) is 19.3 Å². The van der Waals surface area contributed by atoms with Crippen molar-refractivity contribution in [3.63, 3.8) is 0 Å². The number of Topliss-reactive ketones (excluding diaryl/α,β-unsaturated/α-hetero) is 1. The highest BCUT2D eigenvalue weighted by Gasteiger charge is 2.14.